The summed E-state index contributed by atoms with van der Waals surface area (Å²) in [6, 6.07) is 11.1. The highest BCUT2D eigenvalue weighted by molar-refractivity contribution is 5.77. The molecule has 1 fully saturated rings. The molecule has 1 saturated heterocycles. The molecule has 0 spiro atoms. The predicted molar refractivity (Wildman–Crippen MR) is 142 cm³/mol. The molecule has 4 aromatic rings. The standard InChI is InChI=1S/C28H33N7O/c1-17(2)34-26(36)23-16-30-27(31-20-7-6-18-13-22(33-10-11-33)14-19(18)12-20)32-25(23)35(34)21-8-9-29-24(15-21)28(3,4)5/h6-9,12,15-17,22H,10-11,13-14H2,1-5H3,(H,30,31,32). The van der Waals surface area contributed by atoms with Gasteiger partial charge in [0.2, 0.25) is 5.95 Å². The Hall–Kier alpha value is -3.52. The van der Waals surface area contributed by atoms with E-state index in [9.17, 15) is 4.79 Å². The van der Waals surface area contributed by atoms with Crippen molar-refractivity contribution in [2.75, 3.05) is 18.4 Å². The van der Waals surface area contributed by atoms with Crippen molar-refractivity contribution in [3.63, 3.8) is 0 Å². The van der Waals surface area contributed by atoms with Gasteiger partial charge < -0.3 is 5.32 Å². The Balaban J connectivity index is 1.41. The lowest BCUT2D eigenvalue weighted by atomic mass is 9.91. The maximum Gasteiger partial charge on any atom is 0.278 e. The van der Waals surface area contributed by atoms with Gasteiger partial charge in [-0.05, 0) is 62.1 Å². The normalized spacial score (nSPS) is 17.7. The first-order valence-electron chi connectivity index (χ1n) is 12.8. The van der Waals surface area contributed by atoms with Gasteiger partial charge in [0, 0.05) is 54.4 Å². The highest BCUT2D eigenvalue weighted by atomic mass is 16.1. The molecule has 0 radical (unpaired) electrons. The van der Waals surface area contributed by atoms with Gasteiger partial charge in [-0.2, -0.15) is 4.98 Å². The molecule has 8 heteroatoms. The van der Waals surface area contributed by atoms with Crippen LogP contribution in [0.15, 0.2) is 47.5 Å². The van der Waals surface area contributed by atoms with Crippen LogP contribution in [0.25, 0.3) is 16.7 Å². The predicted octanol–water partition coefficient (Wildman–Crippen LogP) is 4.38. The zero-order chi connectivity index (χ0) is 25.2. The van der Waals surface area contributed by atoms with Gasteiger partial charge in [0.05, 0.1) is 5.69 Å². The third-order valence-electron chi connectivity index (χ3n) is 7.24. The van der Waals surface area contributed by atoms with Gasteiger partial charge in [0.1, 0.15) is 5.39 Å². The van der Waals surface area contributed by atoms with Crippen LogP contribution in [0.1, 0.15) is 57.5 Å². The van der Waals surface area contributed by atoms with Crippen molar-refractivity contribution >= 4 is 22.7 Å². The number of hydrogen-bond acceptors (Lipinski definition) is 6. The highest BCUT2D eigenvalue weighted by Crippen LogP contribution is 2.31. The van der Waals surface area contributed by atoms with E-state index in [0.717, 1.165) is 29.9 Å². The lowest BCUT2D eigenvalue weighted by Gasteiger charge is -2.20. The second-order valence-electron chi connectivity index (χ2n) is 11.3. The lowest BCUT2D eigenvalue weighted by molar-refractivity contribution is 0.414. The van der Waals surface area contributed by atoms with Crippen LogP contribution in [0.3, 0.4) is 0 Å². The van der Waals surface area contributed by atoms with E-state index in [1.165, 1.54) is 24.2 Å². The number of rotatable bonds is 5. The minimum absolute atomic E-state index is 0.0544. The summed E-state index contributed by atoms with van der Waals surface area (Å²) < 4.78 is 3.65. The maximum absolute atomic E-state index is 13.4. The Morgan fingerprint density at radius 3 is 2.53 bits per heavy atom. The Bertz CT molecular complexity index is 1520. The Kier molecular flexibility index (Phi) is 5.26. The molecule has 4 heterocycles. The Morgan fingerprint density at radius 1 is 1.03 bits per heavy atom. The van der Waals surface area contributed by atoms with Crippen LogP contribution in [-0.4, -0.2) is 48.3 Å². The summed E-state index contributed by atoms with van der Waals surface area (Å²) in [6.45, 7) is 12.9. The van der Waals surface area contributed by atoms with Crippen LogP contribution >= 0.6 is 0 Å². The van der Waals surface area contributed by atoms with Crippen molar-refractivity contribution in [1.29, 1.82) is 0 Å². The van der Waals surface area contributed by atoms with E-state index in [4.69, 9.17) is 4.98 Å². The van der Waals surface area contributed by atoms with E-state index in [2.05, 4.69) is 59.2 Å². The number of nitrogens with one attached hydrogen (secondary N) is 1. The van der Waals surface area contributed by atoms with Crippen LogP contribution in [0, 0.1) is 0 Å². The number of fused-ring (bicyclic) bond motifs is 2. The maximum atomic E-state index is 13.4. The number of hydrogen-bond donors (Lipinski definition) is 1. The molecule has 2 aliphatic rings. The van der Waals surface area contributed by atoms with Crippen molar-refractivity contribution < 1.29 is 0 Å². The molecule has 1 aliphatic heterocycles. The highest BCUT2D eigenvalue weighted by Gasteiger charge is 2.32. The number of benzene rings is 1. The first-order chi connectivity index (χ1) is 17.2. The topological polar surface area (TPSA) is 80.6 Å². The minimum Gasteiger partial charge on any atom is -0.324 e. The monoisotopic (exact) mass is 483 g/mol. The summed E-state index contributed by atoms with van der Waals surface area (Å²) >= 11 is 0. The summed E-state index contributed by atoms with van der Waals surface area (Å²) in [7, 11) is 0. The van der Waals surface area contributed by atoms with Gasteiger partial charge in [0.15, 0.2) is 5.65 Å². The van der Waals surface area contributed by atoms with Crippen molar-refractivity contribution in [1.82, 2.24) is 29.2 Å². The molecule has 1 unspecified atom stereocenters. The molecule has 1 N–H and O–H groups in total. The average molecular weight is 484 g/mol. The molecule has 6 rings (SSSR count). The summed E-state index contributed by atoms with van der Waals surface area (Å²) in [6.07, 6.45) is 5.67. The number of nitrogens with zero attached hydrogens (tertiary/aromatic N) is 6. The number of pyridine rings is 1. The number of anilines is 2. The molecule has 8 nitrogen and oxygen atoms in total. The van der Waals surface area contributed by atoms with Crippen molar-refractivity contribution in [2.45, 2.75) is 65.0 Å². The number of aromatic nitrogens is 5. The summed E-state index contributed by atoms with van der Waals surface area (Å²) in [5.41, 5.74) is 5.98. The molecule has 186 valence electrons. The molecule has 1 aromatic carbocycles. The first-order valence-corrected chi connectivity index (χ1v) is 12.8. The molecule has 0 bridgehead atoms. The van der Waals surface area contributed by atoms with Gasteiger partial charge in [-0.3, -0.25) is 14.7 Å². The smallest absolute Gasteiger partial charge is 0.278 e. The van der Waals surface area contributed by atoms with Gasteiger partial charge in [-0.15, -0.1) is 0 Å². The van der Waals surface area contributed by atoms with Gasteiger partial charge in [-0.25, -0.2) is 14.3 Å². The fraction of sp³-hybridized carbons (Fsp3) is 0.429. The SMILES string of the molecule is CC(C)n1c(=O)c2cnc(Nc3ccc4c(c3)CC(N3CC3)C4)nc2n1-c1ccnc(C(C)(C)C)c1. The quantitative estimate of drug-likeness (QED) is 0.424. The average Bonchev–Trinajstić information content (AvgIpc) is 3.53. The van der Waals surface area contributed by atoms with Gasteiger partial charge in [-0.1, -0.05) is 26.8 Å². The van der Waals surface area contributed by atoms with Crippen LogP contribution in [0.5, 0.6) is 0 Å². The fourth-order valence-electron chi connectivity index (χ4n) is 5.22. The van der Waals surface area contributed by atoms with Gasteiger partial charge >= 0.3 is 0 Å². The van der Waals surface area contributed by atoms with Crippen LogP contribution < -0.4 is 10.9 Å². The van der Waals surface area contributed by atoms with Gasteiger partial charge in [0.25, 0.3) is 5.56 Å². The summed E-state index contributed by atoms with van der Waals surface area (Å²) in [5.74, 6) is 0.475. The third kappa shape index (κ3) is 3.99. The Morgan fingerprint density at radius 2 is 1.81 bits per heavy atom. The zero-order valence-corrected chi connectivity index (χ0v) is 21.6. The fourth-order valence-corrected chi connectivity index (χ4v) is 5.22. The second-order valence-corrected chi connectivity index (χ2v) is 11.3. The van der Waals surface area contributed by atoms with E-state index in [-0.39, 0.29) is 17.0 Å². The van der Waals surface area contributed by atoms with E-state index in [1.807, 2.05) is 30.7 Å². The third-order valence-corrected chi connectivity index (χ3v) is 7.24. The summed E-state index contributed by atoms with van der Waals surface area (Å²) in [5, 5.41) is 3.88. The minimum atomic E-state index is -0.118. The van der Waals surface area contributed by atoms with Crippen LogP contribution in [-0.2, 0) is 18.3 Å². The van der Waals surface area contributed by atoms with E-state index < -0.39 is 0 Å². The van der Waals surface area contributed by atoms with E-state index in [0.29, 0.717) is 23.0 Å². The molecule has 1 atom stereocenters. The molecule has 0 amide bonds. The Labute approximate surface area is 211 Å². The molecule has 3 aromatic heterocycles. The summed E-state index contributed by atoms with van der Waals surface area (Å²) in [4.78, 5) is 29.8. The van der Waals surface area contributed by atoms with Crippen LogP contribution in [0.4, 0.5) is 11.6 Å². The zero-order valence-electron chi connectivity index (χ0n) is 21.6. The molecule has 0 saturated carbocycles. The molecule has 1 aliphatic carbocycles. The molecule has 36 heavy (non-hydrogen) atoms. The van der Waals surface area contributed by atoms with Crippen molar-refractivity contribution in [3.05, 3.63) is 69.9 Å². The van der Waals surface area contributed by atoms with Crippen molar-refractivity contribution in [3.8, 4) is 5.69 Å². The van der Waals surface area contributed by atoms with E-state index in [1.54, 1.807) is 17.1 Å². The van der Waals surface area contributed by atoms with Crippen LogP contribution in [0.2, 0.25) is 0 Å². The lowest BCUT2D eigenvalue weighted by Crippen LogP contribution is -2.24. The molecular weight excluding hydrogens is 450 g/mol. The largest absolute Gasteiger partial charge is 0.324 e. The first kappa shape index (κ1) is 22.9. The molecular formula is C28H33N7O. The van der Waals surface area contributed by atoms with Crippen molar-refractivity contribution in [2.24, 2.45) is 0 Å². The van der Waals surface area contributed by atoms with E-state index >= 15 is 0 Å². The second kappa shape index (κ2) is 8.27.